The highest BCUT2D eigenvalue weighted by Gasteiger charge is 2.29. The van der Waals surface area contributed by atoms with E-state index >= 15 is 0 Å². The Morgan fingerprint density at radius 2 is 1.95 bits per heavy atom. The van der Waals surface area contributed by atoms with Crippen molar-refractivity contribution < 1.29 is 19.1 Å². The molecular weight excluding hydrogens is 540 g/mol. The molecule has 1 saturated carbocycles. The standard InChI is InChI=1S/C29H34N8O5/c1-29(2,3)42-28(40)35(4)24-16-22(33-21-9-8-14-36(27(21)39)23-10-6-7-13-30-23)34-25-20(17-31-37(24)25)26(38)32-18-11-12-19(15-18)41-5/h6-10,13-14,16-19H,11-12,15H2,1-5H3,(H,32,38)(H,33,34)/t18?,19-/m1/s1. The Hall–Kier alpha value is -4.78. The number of amides is 2. The lowest BCUT2D eigenvalue weighted by Crippen LogP contribution is -2.35. The van der Waals surface area contributed by atoms with Crippen molar-refractivity contribution in [3.63, 3.8) is 0 Å². The normalized spacial score (nSPS) is 16.8. The van der Waals surface area contributed by atoms with Crippen molar-refractivity contribution in [3.8, 4) is 5.82 Å². The molecule has 2 atom stereocenters. The van der Waals surface area contributed by atoms with Crippen LogP contribution < -0.4 is 21.1 Å². The smallest absolute Gasteiger partial charge is 0.415 e. The minimum Gasteiger partial charge on any atom is -0.443 e. The zero-order chi connectivity index (χ0) is 30.0. The first-order valence-corrected chi connectivity index (χ1v) is 13.6. The fraction of sp³-hybridized carbons (Fsp3) is 0.379. The predicted molar refractivity (Wildman–Crippen MR) is 157 cm³/mol. The first-order valence-electron chi connectivity index (χ1n) is 13.6. The Balaban J connectivity index is 1.54. The average molecular weight is 575 g/mol. The van der Waals surface area contributed by atoms with Gasteiger partial charge in [-0.15, -0.1) is 0 Å². The van der Waals surface area contributed by atoms with Crippen LogP contribution in [0, 0.1) is 0 Å². The molecule has 0 saturated heterocycles. The van der Waals surface area contributed by atoms with Crippen molar-refractivity contribution in [1.29, 1.82) is 0 Å². The van der Waals surface area contributed by atoms with Crippen LogP contribution in [0.25, 0.3) is 11.5 Å². The summed E-state index contributed by atoms with van der Waals surface area (Å²) in [6.07, 6.45) is 6.47. The number of nitrogens with one attached hydrogen (secondary N) is 2. The number of carbonyl (C=O) groups is 2. The molecule has 13 nitrogen and oxygen atoms in total. The maximum absolute atomic E-state index is 13.4. The van der Waals surface area contributed by atoms with E-state index in [1.807, 2.05) is 0 Å². The molecule has 4 aromatic heterocycles. The van der Waals surface area contributed by atoms with Gasteiger partial charge in [0, 0.05) is 38.7 Å². The lowest BCUT2D eigenvalue weighted by Gasteiger charge is -2.25. The molecule has 1 fully saturated rings. The Morgan fingerprint density at radius 1 is 1.14 bits per heavy atom. The third-order valence-electron chi connectivity index (χ3n) is 6.87. The lowest BCUT2D eigenvalue weighted by molar-refractivity contribution is 0.0587. The van der Waals surface area contributed by atoms with Gasteiger partial charge < -0.3 is 20.1 Å². The summed E-state index contributed by atoms with van der Waals surface area (Å²) in [5, 5.41) is 10.5. The van der Waals surface area contributed by atoms with Crippen LogP contribution in [0.15, 0.2) is 59.8 Å². The summed E-state index contributed by atoms with van der Waals surface area (Å²) >= 11 is 0. The molecular formula is C29H34N8O5. The van der Waals surface area contributed by atoms with Gasteiger partial charge in [0.25, 0.3) is 11.5 Å². The van der Waals surface area contributed by atoms with Crippen LogP contribution in [0.1, 0.15) is 50.4 Å². The maximum Gasteiger partial charge on any atom is 0.415 e. The number of pyridine rings is 2. The first-order chi connectivity index (χ1) is 20.0. The highest BCUT2D eigenvalue weighted by molar-refractivity contribution is 6.00. The largest absolute Gasteiger partial charge is 0.443 e. The molecule has 13 heteroatoms. The SMILES string of the molecule is CO[C@@H]1CCC(NC(=O)c2cnn3c(N(C)C(=O)OC(C)(C)C)cc(Nc4cccn(-c5ccccn5)c4=O)nc23)C1. The molecule has 1 aliphatic carbocycles. The van der Waals surface area contributed by atoms with Crippen LogP contribution >= 0.6 is 0 Å². The molecule has 0 aromatic carbocycles. The van der Waals surface area contributed by atoms with Gasteiger partial charge in [0.05, 0.1) is 12.3 Å². The molecule has 42 heavy (non-hydrogen) atoms. The average Bonchev–Trinajstić information content (AvgIpc) is 3.60. The second kappa shape index (κ2) is 11.6. The summed E-state index contributed by atoms with van der Waals surface area (Å²) in [5.74, 6) is 0.604. The van der Waals surface area contributed by atoms with Crippen molar-refractivity contribution in [1.82, 2.24) is 29.5 Å². The van der Waals surface area contributed by atoms with Crippen molar-refractivity contribution in [3.05, 3.63) is 70.9 Å². The summed E-state index contributed by atoms with van der Waals surface area (Å²) in [6.45, 7) is 5.30. The van der Waals surface area contributed by atoms with Gasteiger partial charge in [-0.1, -0.05) is 6.07 Å². The summed E-state index contributed by atoms with van der Waals surface area (Å²) in [7, 11) is 3.20. The van der Waals surface area contributed by atoms with E-state index in [4.69, 9.17) is 9.47 Å². The number of ether oxygens (including phenoxy) is 2. The van der Waals surface area contributed by atoms with Gasteiger partial charge in [-0.05, 0) is 64.3 Å². The number of rotatable bonds is 7. The van der Waals surface area contributed by atoms with Gasteiger partial charge in [0.15, 0.2) is 5.65 Å². The van der Waals surface area contributed by atoms with Crippen LogP contribution in [-0.4, -0.2) is 68.1 Å². The number of carbonyl (C=O) groups excluding carboxylic acids is 2. The van der Waals surface area contributed by atoms with Crippen LogP contribution in [0.2, 0.25) is 0 Å². The Kier molecular flexibility index (Phi) is 7.94. The minimum absolute atomic E-state index is 0.0444. The maximum atomic E-state index is 13.4. The topological polar surface area (TPSA) is 145 Å². The van der Waals surface area contributed by atoms with Crippen molar-refractivity contribution in [2.24, 2.45) is 0 Å². The van der Waals surface area contributed by atoms with E-state index in [1.54, 1.807) is 76.7 Å². The van der Waals surface area contributed by atoms with E-state index in [9.17, 15) is 14.4 Å². The molecule has 2 amide bonds. The van der Waals surface area contributed by atoms with Crippen molar-refractivity contribution in [2.75, 3.05) is 24.4 Å². The molecule has 0 bridgehead atoms. The molecule has 0 radical (unpaired) electrons. The number of aromatic nitrogens is 5. The Labute approximate surface area is 242 Å². The van der Waals surface area contributed by atoms with Gasteiger partial charge in [0.2, 0.25) is 0 Å². The molecule has 220 valence electrons. The fourth-order valence-corrected chi connectivity index (χ4v) is 4.79. The number of fused-ring (bicyclic) bond motifs is 1. The van der Waals surface area contributed by atoms with Gasteiger partial charge >= 0.3 is 6.09 Å². The van der Waals surface area contributed by atoms with Crippen LogP contribution in [0.4, 0.5) is 22.1 Å². The molecule has 4 aromatic rings. The van der Waals surface area contributed by atoms with E-state index in [1.165, 1.54) is 27.2 Å². The second-order valence-corrected chi connectivity index (χ2v) is 11.1. The Morgan fingerprint density at radius 3 is 2.64 bits per heavy atom. The zero-order valence-corrected chi connectivity index (χ0v) is 24.2. The quantitative estimate of drug-likeness (QED) is 0.338. The molecule has 4 heterocycles. The van der Waals surface area contributed by atoms with E-state index in [0.29, 0.717) is 12.2 Å². The monoisotopic (exact) mass is 574 g/mol. The lowest BCUT2D eigenvalue weighted by atomic mass is 10.2. The minimum atomic E-state index is -0.740. The Bertz CT molecular complexity index is 1660. The van der Waals surface area contributed by atoms with Crippen LogP contribution in [0.3, 0.4) is 0 Å². The summed E-state index contributed by atoms with van der Waals surface area (Å²) in [4.78, 5) is 49.9. The third-order valence-corrected chi connectivity index (χ3v) is 6.87. The second-order valence-electron chi connectivity index (χ2n) is 11.1. The van der Waals surface area contributed by atoms with Crippen LogP contribution in [0.5, 0.6) is 0 Å². The highest BCUT2D eigenvalue weighted by atomic mass is 16.6. The van der Waals surface area contributed by atoms with Crippen LogP contribution in [-0.2, 0) is 9.47 Å². The third kappa shape index (κ3) is 6.10. The summed E-state index contributed by atoms with van der Waals surface area (Å²) < 4.78 is 13.8. The van der Waals surface area contributed by atoms with E-state index in [2.05, 4.69) is 25.7 Å². The summed E-state index contributed by atoms with van der Waals surface area (Å²) in [6, 6.07) is 10.1. The number of methoxy groups -OCH3 is 1. The van der Waals surface area contributed by atoms with Gasteiger partial charge in [-0.25, -0.2) is 14.8 Å². The number of hydrogen-bond acceptors (Lipinski definition) is 9. The molecule has 1 aliphatic rings. The molecule has 0 spiro atoms. The highest BCUT2D eigenvalue weighted by Crippen LogP contribution is 2.26. The summed E-state index contributed by atoms with van der Waals surface area (Å²) in [5.41, 5.74) is -0.467. The molecule has 2 N–H and O–H groups in total. The number of hydrogen-bond donors (Lipinski definition) is 2. The number of nitrogens with zero attached hydrogens (tertiary/aromatic N) is 6. The molecule has 5 rings (SSSR count). The first kappa shape index (κ1) is 28.7. The zero-order valence-electron chi connectivity index (χ0n) is 24.2. The van der Waals surface area contributed by atoms with Gasteiger partial charge in [-0.3, -0.25) is 19.1 Å². The van der Waals surface area contributed by atoms with E-state index in [0.717, 1.165) is 12.8 Å². The van der Waals surface area contributed by atoms with Crippen molar-refractivity contribution in [2.45, 2.75) is 57.8 Å². The van der Waals surface area contributed by atoms with E-state index in [-0.39, 0.29) is 52.1 Å². The predicted octanol–water partition coefficient (Wildman–Crippen LogP) is 3.69. The van der Waals surface area contributed by atoms with E-state index < -0.39 is 11.7 Å². The molecule has 0 aliphatic heterocycles. The molecule has 1 unspecified atom stereocenters. The number of anilines is 3. The van der Waals surface area contributed by atoms with Gasteiger partial charge in [-0.2, -0.15) is 9.61 Å². The van der Waals surface area contributed by atoms with Gasteiger partial charge in [0.1, 0.15) is 34.3 Å². The fourth-order valence-electron chi connectivity index (χ4n) is 4.79. The van der Waals surface area contributed by atoms with Crippen molar-refractivity contribution >= 4 is 35.0 Å².